The number of aromatic hydroxyl groups is 1. The molecule has 1 aromatic heterocycles. The summed E-state index contributed by atoms with van der Waals surface area (Å²) in [5, 5.41) is 26.4. The van der Waals surface area contributed by atoms with Gasteiger partial charge in [0.25, 0.3) is 0 Å². The van der Waals surface area contributed by atoms with E-state index in [9.17, 15) is 9.90 Å². The Bertz CT molecular complexity index is 1100. The Kier molecular flexibility index (Phi) is 4.74. The number of hydrogen-bond acceptors (Lipinski definition) is 7. The lowest BCUT2D eigenvalue weighted by atomic mass is 10.2. The van der Waals surface area contributed by atoms with Gasteiger partial charge in [-0.15, -0.1) is 0 Å². The molecular formula is C18H12Cl2N6O3. The normalized spacial score (nSPS) is 16.2. The Hall–Kier alpha value is -3.35. The van der Waals surface area contributed by atoms with Crippen LogP contribution in [0.5, 0.6) is 17.5 Å². The third-order valence-corrected chi connectivity index (χ3v) is 4.76. The maximum absolute atomic E-state index is 12.2. The van der Waals surface area contributed by atoms with E-state index in [2.05, 4.69) is 27.0 Å². The second-order valence-electron chi connectivity index (χ2n) is 6.32. The number of nitriles is 1. The van der Waals surface area contributed by atoms with Crippen LogP contribution in [0.15, 0.2) is 35.7 Å². The van der Waals surface area contributed by atoms with Crippen molar-refractivity contribution in [1.82, 2.24) is 15.3 Å². The molecule has 146 valence electrons. The van der Waals surface area contributed by atoms with Gasteiger partial charge in [0.2, 0.25) is 0 Å². The molecule has 1 saturated carbocycles. The fourth-order valence-electron chi connectivity index (χ4n) is 2.65. The number of halogens is 2. The van der Waals surface area contributed by atoms with Crippen LogP contribution in [0.25, 0.3) is 0 Å². The summed E-state index contributed by atoms with van der Waals surface area (Å²) in [5.41, 5.74) is 0.780. The van der Waals surface area contributed by atoms with E-state index in [0.717, 1.165) is 17.9 Å². The Balaban J connectivity index is 1.65. The highest BCUT2D eigenvalue weighted by molar-refractivity contribution is 6.37. The molecule has 2 aromatic rings. The summed E-state index contributed by atoms with van der Waals surface area (Å²) >= 11 is 12.6. The number of ether oxygens (including phenoxy) is 1. The number of rotatable bonds is 4. The van der Waals surface area contributed by atoms with Crippen molar-refractivity contribution in [2.75, 3.05) is 5.01 Å². The predicted octanol–water partition coefficient (Wildman–Crippen LogP) is 4.08. The van der Waals surface area contributed by atoms with E-state index in [1.807, 2.05) is 6.07 Å². The summed E-state index contributed by atoms with van der Waals surface area (Å²) in [6, 6.07) is 4.00. The van der Waals surface area contributed by atoms with Gasteiger partial charge in [0.1, 0.15) is 6.07 Å². The van der Waals surface area contributed by atoms with Crippen LogP contribution < -0.4 is 15.1 Å². The van der Waals surface area contributed by atoms with Crippen molar-refractivity contribution in [2.24, 2.45) is 5.10 Å². The number of aromatic nitrogens is 2. The van der Waals surface area contributed by atoms with Gasteiger partial charge in [-0.3, -0.25) is 0 Å². The molecule has 0 spiro atoms. The fraction of sp³-hybridized carbons (Fsp3) is 0.167. The van der Waals surface area contributed by atoms with Gasteiger partial charge in [-0.05, 0) is 25.0 Å². The van der Waals surface area contributed by atoms with Gasteiger partial charge in [0.15, 0.2) is 17.2 Å². The monoisotopic (exact) mass is 430 g/mol. The lowest BCUT2D eigenvalue weighted by molar-refractivity contribution is 0.248. The highest BCUT2D eigenvalue weighted by Crippen LogP contribution is 2.44. The number of carbonyl (C=O) groups is 1. The van der Waals surface area contributed by atoms with Crippen molar-refractivity contribution in [3.63, 3.8) is 0 Å². The van der Waals surface area contributed by atoms with Crippen molar-refractivity contribution in [3.05, 3.63) is 46.3 Å². The zero-order chi connectivity index (χ0) is 20.7. The zero-order valence-electron chi connectivity index (χ0n) is 14.7. The molecule has 0 unspecified atom stereocenters. The molecule has 2 heterocycles. The van der Waals surface area contributed by atoms with Gasteiger partial charge in [0.05, 0.1) is 33.3 Å². The van der Waals surface area contributed by atoms with Gasteiger partial charge in [-0.25, -0.2) is 4.79 Å². The number of carbonyl (C=O) groups excluding carboxylic acids is 1. The molecule has 0 bridgehead atoms. The molecule has 0 saturated heterocycles. The molecule has 2 N–H and O–H groups in total. The SMILES string of the molecule is C=C1NC(=O)N(c2cc(Cl)c(Oc3ncc(O)c(C4CC4)n3)c(Cl)c2)N=C1C#N. The molecule has 1 aliphatic carbocycles. The number of anilines is 1. The number of amides is 2. The minimum Gasteiger partial charge on any atom is -0.504 e. The minimum absolute atomic E-state index is 0.0104. The summed E-state index contributed by atoms with van der Waals surface area (Å²) in [7, 11) is 0. The van der Waals surface area contributed by atoms with Crippen LogP contribution in [0.4, 0.5) is 10.5 Å². The lowest BCUT2D eigenvalue weighted by Gasteiger charge is -2.24. The van der Waals surface area contributed by atoms with Gasteiger partial charge < -0.3 is 15.2 Å². The number of hydrogen-bond donors (Lipinski definition) is 2. The summed E-state index contributed by atoms with van der Waals surface area (Å²) in [4.78, 5) is 20.3. The maximum atomic E-state index is 12.2. The molecule has 11 heteroatoms. The smallest absolute Gasteiger partial charge is 0.347 e. The Labute approximate surface area is 174 Å². The molecule has 29 heavy (non-hydrogen) atoms. The highest BCUT2D eigenvalue weighted by atomic mass is 35.5. The third-order valence-electron chi connectivity index (χ3n) is 4.20. The topological polar surface area (TPSA) is 124 Å². The van der Waals surface area contributed by atoms with Gasteiger partial charge in [-0.2, -0.15) is 25.3 Å². The fourth-order valence-corrected chi connectivity index (χ4v) is 3.20. The number of benzene rings is 1. The van der Waals surface area contributed by atoms with E-state index in [1.165, 1.54) is 18.3 Å². The summed E-state index contributed by atoms with van der Waals surface area (Å²) in [5.74, 6) is 0.278. The molecule has 4 rings (SSSR count). The van der Waals surface area contributed by atoms with Gasteiger partial charge >= 0.3 is 12.0 Å². The first-order valence-corrected chi connectivity index (χ1v) is 9.15. The van der Waals surface area contributed by atoms with Crippen LogP contribution in [0.3, 0.4) is 0 Å². The Morgan fingerprint density at radius 3 is 2.66 bits per heavy atom. The van der Waals surface area contributed by atoms with Crippen molar-refractivity contribution in [1.29, 1.82) is 5.26 Å². The molecule has 1 aliphatic heterocycles. The van der Waals surface area contributed by atoms with Gasteiger partial charge in [0, 0.05) is 5.92 Å². The largest absolute Gasteiger partial charge is 0.504 e. The van der Waals surface area contributed by atoms with E-state index in [0.29, 0.717) is 5.69 Å². The van der Waals surface area contributed by atoms with Crippen LogP contribution in [-0.4, -0.2) is 26.8 Å². The predicted molar refractivity (Wildman–Crippen MR) is 105 cm³/mol. The molecule has 9 nitrogen and oxygen atoms in total. The zero-order valence-corrected chi connectivity index (χ0v) is 16.2. The molecule has 2 amide bonds. The quantitative estimate of drug-likeness (QED) is 0.752. The number of urea groups is 1. The third kappa shape index (κ3) is 3.68. The van der Waals surface area contributed by atoms with Crippen molar-refractivity contribution >= 4 is 40.6 Å². The second kappa shape index (κ2) is 7.24. The van der Waals surface area contributed by atoms with Crippen LogP contribution >= 0.6 is 23.2 Å². The molecule has 1 fully saturated rings. The van der Waals surface area contributed by atoms with Gasteiger partial charge in [-0.1, -0.05) is 29.8 Å². The van der Waals surface area contributed by atoms with E-state index in [-0.39, 0.29) is 50.6 Å². The Morgan fingerprint density at radius 1 is 1.34 bits per heavy atom. The van der Waals surface area contributed by atoms with E-state index >= 15 is 0 Å². The Morgan fingerprint density at radius 2 is 2.03 bits per heavy atom. The molecular weight excluding hydrogens is 419 g/mol. The molecule has 0 radical (unpaired) electrons. The average molecular weight is 431 g/mol. The maximum Gasteiger partial charge on any atom is 0.347 e. The molecule has 1 aromatic carbocycles. The van der Waals surface area contributed by atoms with E-state index in [4.69, 9.17) is 33.2 Å². The standard InChI is InChI=1S/C18H12Cl2N6O3/c1-8-13(6-21)25-26(18(28)23-8)10-4-11(19)16(12(20)5-10)29-17-22-7-14(27)15(24-17)9-2-3-9/h4-5,7,9,27H,1-3H2,(H,23,28). The van der Waals surface area contributed by atoms with E-state index < -0.39 is 6.03 Å². The summed E-state index contributed by atoms with van der Waals surface area (Å²) in [6.45, 7) is 3.56. The summed E-state index contributed by atoms with van der Waals surface area (Å²) < 4.78 is 5.62. The van der Waals surface area contributed by atoms with E-state index in [1.54, 1.807) is 0 Å². The lowest BCUT2D eigenvalue weighted by Crippen LogP contribution is -2.42. The van der Waals surface area contributed by atoms with Crippen LogP contribution in [0.1, 0.15) is 24.5 Å². The number of nitrogens with one attached hydrogen (secondary N) is 1. The number of hydrazone groups is 1. The van der Waals surface area contributed by atoms with Crippen LogP contribution in [-0.2, 0) is 0 Å². The first-order chi connectivity index (χ1) is 13.9. The first kappa shape index (κ1) is 19.0. The van der Waals surface area contributed by atoms with Crippen LogP contribution in [0, 0.1) is 11.3 Å². The first-order valence-electron chi connectivity index (χ1n) is 8.39. The molecule has 2 aliphatic rings. The molecule has 0 atom stereocenters. The number of allylic oxidation sites excluding steroid dienone is 1. The van der Waals surface area contributed by atoms with Crippen molar-refractivity contribution < 1.29 is 14.6 Å². The number of nitrogens with zero attached hydrogens (tertiary/aromatic N) is 5. The average Bonchev–Trinajstić information content (AvgIpc) is 3.51. The highest BCUT2D eigenvalue weighted by Gasteiger charge is 2.29. The minimum atomic E-state index is -0.620. The summed E-state index contributed by atoms with van der Waals surface area (Å²) in [6.07, 6.45) is 3.14. The van der Waals surface area contributed by atoms with Crippen molar-refractivity contribution in [3.8, 4) is 23.6 Å². The van der Waals surface area contributed by atoms with Crippen LogP contribution in [0.2, 0.25) is 10.0 Å². The second-order valence-corrected chi connectivity index (χ2v) is 7.13. The van der Waals surface area contributed by atoms with Crippen molar-refractivity contribution in [2.45, 2.75) is 18.8 Å².